The first-order valence-electron chi connectivity index (χ1n) is 6.03. The molecule has 0 saturated carbocycles. The van der Waals surface area contributed by atoms with Gasteiger partial charge in [0, 0.05) is 18.6 Å². The third-order valence-corrected chi connectivity index (χ3v) is 3.48. The van der Waals surface area contributed by atoms with Crippen LogP contribution >= 0.6 is 0 Å². The maximum Gasteiger partial charge on any atom is 0.148 e. The second-order valence-electron chi connectivity index (χ2n) is 4.57. The molecule has 90 valence electrons. The highest BCUT2D eigenvalue weighted by atomic mass is 16.3. The first kappa shape index (κ1) is 9.79. The molecule has 4 rings (SSSR count). The Morgan fingerprint density at radius 1 is 1.06 bits per heavy atom. The van der Waals surface area contributed by atoms with E-state index in [0.717, 1.165) is 17.2 Å². The van der Waals surface area contributed by atoms with E-state index < -0.39 is 6.23 Å². The molecule has 4 heteroatoms. The van der Waals surface area contributed by atoms with Crippen LogP contribution in [0.1, 0.15) is 0 Å². The Morgan fingerprint density at radius 3 is 2.83 bits per heavy atom. The average molecular weight is 239 g/mol. The van der Waals surface area contributed by atoms with Crippen molar-refractivity contribution in [2.24, 2.45) is 0 Å². The molecule has 0 unspecified atom stereocenters. The van der Waals surface area contributed by atoms with Crippen LogP contribution in [0.5, 0.6) is 0 Å². The highest BCUT2D eigenvalue weighted by Crippen LogP contribution is 2.37. The summed E-state index contributed by atoms with van der Waals surface area (Å²) in [6.07, 6.45) is 17.6. The predicted octanol–water partition coefficient (Wildman–Crippen LogP) is 1.42. The molecular weight excluding hydrogens is 226 g/mol. The molecule has 4 nitrogen and oxygen atoms in total. The minimum Gasteiger partial charge on any atom is -0.371 e. The molecule has 1 atom stereocenters. The zero-order valence-electron chi connectivity index (χ0n) is 9.77. The first-order chi connectivity index (χ1) is 8.84. The van der Waals surface area contributed by atoms with Crippen LogP contribution in [-0.4, -0.2) is 32.6 Å². The fourth-order valence-corrected chi connectivity index (χ4v) is 2.69. The predicted molar refractivity (Wildman–Crippen MR) is 68.1 cm³/mol. The molecule has 0 saturated heterocycles. The van der Waals surface area contributed by atoms with Gasteiger partial charge in [0.2, 0.25) is 0 Å². The Labute approximate surface area is 105 Å². The molecule has 4 heterocycles. The van der Waals surface area contributed by atoms with Crippen molar-refractivity contribution < 1.29 is 5.11 Å². The van der Waals surface area contributed by atoms with Crippen LogP contribution < -0.4 is 0 Å². The highest BCUT2D eigenvalue weighted by Gasteiger charge is 2.36. The Kier molecular flexibility index (Phi) is 1.85. The third-order valence-electron chi connectivity index (χ3n) is 3.48. The van der Waals surface area contributed by atoms with Gasteiger partial charge in [0.15, 0.2) is 0 Å². The molecule has 0 bridgehead atoms. The molecular formula is C14H13N3O. The summed E-state index contributed by atoms with van der Waals surface area (Å²) in [5.74, 6) is 1.11. The van der Waals surface area contributed by atoms with Crippen LogP contribution in [0.15, 0.2) is 72.3 Å². The Morgan fingerprint density at radius 2 is 1.89 bits per heavy atom. The van der Waals surface area contributed by atoms with Crippen LogP contribution in [0.2, 0.25) is 0 Å². The van der Waals surface area contributed by atoms with Crippen molar-refractivity contribution in [1.29, 1.82) is 0 Å². The number of fused-ring (bicyclic) bond motifs is 4. The van der Waals surface area contributed by atoms with Crippen molar-refractivity contribution in [2.75, 3.05) is 6.54 Å². The normalized spacial score (nSPS) is 27.5. The summed E-state index contributed by atoms with van der Waals surface area (Å²) < 4.78 is 0. The number of aliphatic hydroxyl groups is 1. The smallest absolute Gasteiger partial charge is 0.148 e. The summed E-state index contributed by atoms with van der Waals surface area (Å²) in [6.45, 7) is 0.582. The van der Waals surface area contributed by atoms with Gasteiger partial charge in [-0.25, -0.2) is 0 Å². The van der Waals surface area contributed by atoms with Gasteiger partial charge in [0.1, 0.15) is 12.0 Å². The summed E-state index contributed by atoms with van der Waals surface area (Å²) in [4.78, 5) is 6.17. The standard InChI is InChI=1S/C14H13N3O/c18-13-10-15-9-11-5-1-3-7-16(11)14(15)12-6-2-4-8-17(12)13/h1-9,13,18H,10H2/t13-/m0/s1. The Balaban J connectivity index is 1.88. The third kappa shape index (κ3) is 1.18. The van der Waals surface area contributed by atoms with Crippen LogP contribution in [0.25, 0.3) is 0 Å². The first-order valence-corrected chi connectivity index (χ1v) is 6.03. The van der Waals surface area contributed by atoms with Crippen molar-refractivity contribution >= 4 is 0 Å². The summed E-state index contributed by atoms with van der Waals surface area (Å²) in [6, 6.07) is 0. The maximum absolute atomic E-state index is 10.2. The molecule has 1 N–H and O–H groups in total. The Bertz CT molecular complexity index is 580. The van der Waals surface area contributed by atoms with Crippen LogP contribution in [0, 0.1) is 0 Å². The van der Waals surface area contributed by atoms with Crippen LogP contribution in [0.3, 0.4) is 0 Å². The molecule has 4 aliphatic heterocycles. The number of hydrogen-bond acceptors (Lipinski definition) is 4. The topological polar surface area (TPSA) is 30.0 Å². The van der Waals surface area contributed by atoms with E-state index in [-0.39, 0.29) is 0 Å². The number of hydrogen-bond donors (Lipinski definition) is 1. The second-order valence-corrected chi connectivity index (χ2v) is 4.57. The van der Waals surface area contributed by atoms with Crippen molar-refractivity contribution in [1.82, 2.24) is 14.7 Å². The van der Waals surface area contributed by atoms with E-state index in [9.17, 15) is 5.11 Å². The highest BCUT2D eigenvalue weighted by molar-refractivity contribution is 5.44. The van der Waals surface area contributed by atoms with Gasteiger partial charge in [0.05, 0.1) is 17.9 Å². The average Bonchev–Trinajstić information content (AvgIpc) is 2.77. The summed E-state index contributed by atoms with van der Waals surface area (Å²) in [7, 11) is 0. The number of nitrogens with zero attached hydrogens (tertiary/aromatic N) is 3. The van der Waals surface area contributed by atoms with E-state index in [0.29, 0.717) is 6.54 Å². The fourth-order valence-electron chi connectivity index (χ4n) is 2.69. The molecule has 0 radical (unpaired) electrons. The molecule has 0 spiro atoms. The van der Waals surface area contributed by atoms with E-state index in [4.69, 9.17) is 0 Å². The lowest BCUT2D eigenvalue weighted by Gasteiger charge is -2.40. The molecule has 0 aromatic heterocycles. The van der Waals surface area contributed by atoms with E-state index >= 15 is 0 Å². The minimum absolute atomic E-state index is 0.504. The SMILES string of the molecule is O[C@H]1CN2C=C3C=CC=CN3C2=C2C=CC=CN21. The number of rotatable bonds is 0. The van der Waals surface area contributed by atoms with Gasteiger partial charge in [-0.3, -0.25) is 0 Å². The van der Waals surface area contributed by atoms with Gasteiger partial charge in [-0.15, -0.1) is 0 Å². The van der Waals surface area contributed by atoms with E-state index in [1.54, 1.807) is 0 Å². The van der Waals surface area contributed by atoms with E-state index in [1.807, 2.05) is 41.5 Å². The van der Waals surface area contributed by atoms with Gasteiger partial charge in [-0.1, -0.05) is 12.2 Å². The quantitative estimate of drug-likeness (QED) is 0.692. The lowest BCUT2D eigenvalue weighted by molar-refractivity contribution is 0.0242. The molecule has 0 aliphatic carbocycles. The number of aliphatic hydroxyl groups excluding tert-OH is 1. The van der Waals surface area contributed by atoms with Crippen LogP contribution in [-0.2, 0) is 0 Å². The van der Waals surface area contributed by atoms with Gasteiger partial charge >= 0.3 is 0 Å². The van der Waals surface area contributed by atoms with Gasteiger partial charge in [-0.2, -0.15) is 0 Å². The zero-order chi connectivity index (χ0) is 12.1. The van der Waals surface area contributed by atoms with Gasteiger partial charge in [0.25, 0.3) is 0 Å². The van der Waals surface area contributed by atoms with Gasteiger partial charge in [-0.05, 0) is 24.3 Å². The molecule has 0 aromatic carbocycles. The summed E-state index contributed by atoms with van der Waals surface area (Å²) in [5, 5.41) is 10.2. The molecule has 18 heavy (non-hydrogen) atoms. The number of allylic oxidation sites excluding steroid dienone is 6. The summed E-state index contributed by atoms with van der Waals surface area (Å²) in [5.41, 5.74) is 2.17. The monoisotopic (exact) mass is 239 g/mol. The van der Waals surface area contributed by atoms with Gasteiger partial charge < -0.3 is 19.8 Å². The maximum atomic E-state index is 10.2. The fraction of sp³-hybridized carbons (Fsp3) is 0.143. The van der Waals surface area contributed by atoms with Crippen molar-refractivity contribution in [2.45, 2.75) is 6.23 Å². The van der Waals surface area contributed by atoms with Crippen molar-refractivity contribution in [3.63, 3.8) is 0 Å². The van der Waals surface area contributed by atoms with Crippen molar-refractivity contribution in [3.05, 3.63) is 72.3 Å². The lowest BCUT2D eigenvalue weighted by atomic mass is 10.2. The molecule has 4 aliphatic rings. The molecule has 0 amide bonds. The molecule has 0 aromatic rings. The minimum atomic E-state index is -0.504. The summed E-state index contributed by atoms with van der Waals surface area (Å²) >= 11 is 0. The zero-order valence-corrected chi connectivity index (χ0v) is 9.77. The largest absolute Gasteiger partial charge is 0.371 e. The molecule has 0 fully saturated rings. The second kappa shape index (κ2) is 3.40. The van der Waals surface area contributed by atoms with Crippen LogP contribution in [0.4, 0.5) is 0 Å². The Hall–Kier alpha value is -2.20. The van der Waals surface area contributed by atoms with E-state index in [1.165, 1.54) is 0 Å². The lowest BCUT2D eigenvalue weighted by Crippen LogP contribution is -2.46. The van der Waals surface area contributed by atoms with Crippen molar-refractivity contribution in [3.8, 4) is 0 Å². The van der Waals surface area contributed by atoms with E-state index in [2.05, 4.69) is 28.3 Å².